The molecular weight excluding hydrogens is 321 g/mol. The molecule has 7 heteroatoms. The minimum absolute atomic E-state index is 0.233. The molecule has 2 aromatic rings. The van der Waals surface area contributed by atoms with Crippen LogP contribution in [0.1, 0.15) is 11.1 Å². The molecule has 0 saturated heterocycles. The minimum atomic E-state index is -4.72. The van der Waals surface area contributed by atoms with Crippen LogP contribution in [0.2, 0.25) is 0 Å². The lowest BCUT2D eigenvalue weighted by atomic mass is 10.0. The molecule has 24 heavy (non-hydrogen) atoms. The predicted octanol–water partition coefficient (Wildman–Crippen LogP) is 4.30. The van der Waals surface area contributed by atoms with Crippen LogP contribution < -0.4 is 15.4 Å². The van der Waals surface area contributed by atoms with Gasteiger partial charge in [0.15, 0.2) is 0 Å². The summed E-state index contributed by atoms with van der Waals surface area (Å²) in [6.07, 6.45) is -3.19. The molecule has 1 aliphatic rings. The quantitative estimate of drug-likeness (QED) is 0.823. The number of alkyl halides is 3. The van der Waals surface area contributed by atoms with Gasteiger partial charge in [0.25, 0.3) is 5.91 Å². The Hall–Kier alpha value is -2.96. The Labute approximate surface area is 135 Å². The van der Waals surface area contributed by atoms with Gasteiger partial charge in [-0.05, 0) is 42.8 Å². The maximum absolute atomic E-state index is 12.1. The first-order valence-corrected chi connectivity index (χ1v) is 7.07. The minimum Gasteiger partial charge on any atom is -0.406 e. The van der Waals surface area contributed by atoms with Crippen LogP contribution >= 0.6 is 0 Å². The highest BCUT2D eigenvalue weighted by atomic mass is 19.4. The lowest BCUT2D eigenvalue weighted by molar-refractivity contribution is -0.274. The van der Waals surface area contributed by atoms with E-state index in [0.29, 0.717) is 11.3 Å². The molecule has 0 aromatic heterocycles. The maximum Gasteiger partial charge on any atom is 0.573 e. The Morgan fingerprint density at radius 2 is 1.83 bits per heavy atom. The molecule has 124 valence electrons. The molecule has 2 N–H and O–H groups in total. The Bertz CT molecular complexity index is 812. The maximum atomic E-state index is 12.1. The SMILES string of the molecule is Cc1cccc2c1/C(=C/Nc1ccc(OC(F)(F)F)cc1)C(=O)N2. The van der Waals surface area contributed by atoms with Crippen LogP contribution in [0.25, 0.3) is 5.57 Å². The largest absolute Gasteiger partial charge is 0.573 e. The zero-order chi connectivity index (χ0) is 17.3. The van der Waals surface area contributed by atoms with Crippen LogP contribution in [0.15, 0.2) is 48.7 Å². The number of rotatable bonds is 3. The molecule has 0 bridgehead atoms. The summed E-state index contributed by atoms with van der Waals surface area (Å²) < 4.78 is 40.2. The summed E-state index contributed by atoms with van der Waals surface area (Å²) in [4.78, 5) is 12.1. The molecule has 0 fully saturated rings. The van der Waals surface area contributed by atoms with E-state index < -0.39 is 6.36 Å². The lowest BCUT2D eigenvalue weighted by Gasteiger charge is -2.09. The van der Waals surface area contributed by atoms with Crippen molar-refractivity contribution in [1.82, 2.24) is 0 Å². The van der Waals surface area contributed by atoms with Crippen molar-refractivity contribution < 1.29 is 22.7 Å². The van der Waals surface area contributed by atoms with Crippen molar-refractivity contribution in [2.45, 2.75) is 13.3 Å². The lowest BCUT2D eigenvalue weighted by Crippen LogP contribution is -2.16. The summed E-state index contributed by atoms with van der Waals surface area (Å²) in [5.74, 6) is -0.538. The standard InChI is InChI=1S/C17H13F3N2O2/c1-10-3-2-4-14-15(10)13(16(23)22-14)9-21-11-5-7-12(8-6-11)24-17(18,19)20/h2-9,21H,1H3,(H,22,23)/b13-9-. The number of nitrogens with one attached hydrogen (secondary N) is 2. The highest BCUT2D eigenvalue weighted by Crippen LogP contribution is 2.34. The molecule has 0 saturated carbocycles. The second kappa shape index (κ2) is 5.92. The van der Waals surface area contributed by atoms with Crippen LogP contribution in [0, 0.1) is 6.92 Å². The summed E-state index contributed by atoms with van der Waals surface area (Å²) >= 11 is 0. The van der Waals surface area contributed by atoms with Crippen molar-refractivity contribution in [2.75, 3.05) is 10.6 Å². The molecule has 1 aliphatic heterocycles. The molecule has 0 aliphatic carbocycles. The number of hydrogen-bond donors (Lipinski definition) is 2. The van der Waals surface area contributed by atoms with Gasteiger partial charge in [0.2, 0.25) is 0 Å². The van der Waals surface area contributed by atoms with Gasteiger partial charge in [0.05, 0.1) is 5.57 Å². The van der Waals surface area contributed by atoms with Gasteiger partial charge in [-0.25, -0.2) is 0 Å². The van der Waals surface area contributed by atoms with Gasteiger partial charge < -0.3 is 15.4 Å². The zero-order valence-corrected chi connectivity index (χ0v) is 12.6. The average Bonchev–Trinajstić information content (AvgIpc) is 2.82. The van der Waals surface area contributed by atoms with Gasteiger partial charge in [-0.1, -0.05) is 12.1 Å². The van der Waals surface area contributed by atoms with E-state index >= 15 is 0 Å². The van der Waals surface area contributed by atoms with Crippen molar-refractivity contribution in [3.8, 4) is 5.75 Å². The van der Waals surface area contributed by atoms with Crippen molar-refractivity contribution in [1.29, 1.82) is 0 Å². The summed E-state index contributed by atoms with van der Waals surface area (Å²) in [6, 6.07) is 10.8. The third-order valence-corrected chi connectivity index (χ3v) is 3.51. The van der Waals surface area contributed by atoms with E-state index in [-0.39, 0.29) is 11.7 Å². The number of carbonyl (C=O) groups is 1. The van der Waals surface area contributed by atoms with Gasteiger partial charge in [-0.3, -0.25) is 4.79 Å². The molecule has 2 aromatic carbocycles. The van der Waals surface area contributed by atoms with E-state index in [1.807, 2.05) is 25.1 Å². The molecule has 0 unspecified atom stereocenters. The highest BCUT2D eigenvalue weighted by Gasteiger charge is 2.31. The van der Waals surface area contributed by atoms with Crippen LogP contribution in [-0.4, -0.2) is 12.3 Å². The first kappa shape index (κ1) is 15.9. The number of amides is 1. The molecule has 0 spiro atoms. The Morgan fingerprint density at radius 3 is 2.50 bits per heavy atom. The number of anilines is 2. The van der Waals surface area contributed by atoms with E-state index in [1.165, 1.54) is 30.5 Å². The topological polar surface area (TPSA) is 50.4 Å². The summed E-state index contributed by atoms with van der Waals surface area (Å²) in [6.45, 7) is 1.90. The average molecular weight is 334 g/mol. The summed E-state index contributed by atoms with van der Waals surface area (Å²) in [5.41, 5.74) is 3.51. The predicted molar refractivity (Wildman–Crippen MR) is 84.5 cm³/mol. The number of hydrogen-bond acceptors (Lipinski definition) is 3. The van der Waals surface area contributed by atoms with Crippen molar-refractivity contribution >= 4 is 22.9 Å². The van der Waals surface area contributed by atoms with E-state index in [1.54, 1.807) is 0 Å². The van der Waals surface area contributed by atoms with Gasteiger partial charge in [-0.15, -0.1) is 13.2 Å². The normalized spacial score (nSPS) is 15.2. The van der Waals surface area contributed by atoms with Gasteiger partial charge in [0.1, 0.15) is 5.75 Å². The Morgan fingerprint density at radius 1 is 1.12 bits per heavy atom. The number of halogens is 3. The van der Waals surface area contributed by atoms with Crippen LogP contribution in [0.4, 0.5) is 24.5 Å². The number of ether oxygens (including phenoxy) is 1. The van der Waals surface area contributed by atoms with Gasteiger partial charge in [-0.2, -0.15) is 0 Å². The molecule has 0 radical (unpaired) electrons. The van der Waals surface area contributed by atoms with E-state index in [4.69, 9.17) is 0 Å². The van der Waals surface area contributed by atoms with Crippen molar-refractivity contribution in [3.63, 3.8) is 0 Å². The molecule has 1 heterocycles. The second-order valence-corrected chi connectivity index (χ2v) is 5.23. The van der Waals surface area contributed by atoms with E-state index in [0.717, 1.165) is 16.8 Å². The molecule has 3 rings (SSSR count). The number of aryl methyl sites for hydroxylation is 1. The Kier molecular flexibility index (Phi) is 3.92. The third-order valence-electron chi connectivity index (χ3n) is 3.51. The number of fused-ring (bicyclic) bond motifs is 1. The fourth-order valence-electron chi connectivity index (χ4n) is 2.48. The van der Waals surface area contributed by atoms with Crippen LogP contribution in [0.5, 0.6) is 5.75 Å². The van der Waals surface area contributed by atoms with Crippen molar-refractivity contribution in [3.05, 3.63) is 59.8 Å². The molecule has 4 nitrogen and oxygen atoms in total. The third kappa shape index (κ3) is 3.34. The number of carbonyl (C=O) groups excluding carboxylic acids is 1. The van der Waals surface area contributed by atoms with E-state index in [2.05, 4.69) is 15.4 Å². The van der Waals surface area contributed by atoms with E-state index in [9.17, 15) is 18.0 Å². The fraction of sp³-hybridized carbons (Fsp3) is 0.118. The zero-order valence-electron chi connectivity index (χ0n) is 12.6. The van der Waals surface area contributed by atoms with Crippen LogP contribution in [0.3, 0.4) is 0 Å². The first-order valence-electron chi connectivity index (χ1n) is 7.07. The molecule has 0 atom stereocenters. The molecular formula is C17H13F3N2O2. The van der Waals surface area contributed by atoms with Crippen molar-refractivity contribution in [2.24, 2.45) is 0 Å². The van der Waals surface area contributed by atoms with Crippen LogP contribution in [-0.2, 0) is 4.79 Å². The number of benzene rings is 2. The summed E-state index contributed by atoms with van der Waals surface area (Å²) in [7, 11) is 0. The van der Waals surface area contributed by atoms with Gasteiger partial charge in [0, 0.05) is 23.1 Å². The highest BCUT2D eigenvalue weighted by molar-refractivity contribution is 6.32. The smallest absolute Gasteiger partial charge is 0.406 e. The monoisotopic (exact) mass is 334 g/mol. The molecule has 1 amide bonds. The van der Waals surface area contributed by atoms with Gasteiger partial charge >= 0.3 is 6.36 Å². The second-order valence-electron chi connectivity index (χ2n) is 5.23. The fourth-order valence-corrected chi connectivity index (χ4v) is 2.48. The first-order chi connectivity index (χ1) is 11.3. The Balaban J connectivity index is 1.78. The summed E-state index contributed by atoms with van der Waals surface area (Å²) in [5, 5.41) is 5.68.